The average molecular weight is 172 g/mol. The average Bonchev–Trinajstić information content (AvgIpc) is 2.18. The van der Waals surface area contributed by atoms with Crippen molar-refractivity contribution in [1.29, 1.82) is 0 Å². The number of allylic oxidation sites excluding steroid dienone is 1. The Balaban J connectivity index is 3.26. The first-order valence-electron chi connectivity index (χ1n) is 4.70. The molecule has 13 heavy (non-hydrogen) atoms. The van der Waals surface area contributed by atoms with Crippen LogP contribution in [0, 0.1) is 0 Å². The molecule has 0 N–H and O–H groups in total. The van der Waals surface area contributed by atoms with E-state index in [0.717, 1.165) is 6.42 Å². The van der Waals surface area contributed by atoms with Crippen LogP contribution < -0.4 is 0 Å². The van der Waals surface area contributed by atoms with Crippen LogP contribution in [-0.4, -0.2) is 0 Å². The predicted molar refractivity (Wildman–Crippen MR) is 60.6 cm³/mol. The number of benzene rings is 1. The standard InChI is InChI=1S/C13H16/c1-4-8-12-10-7-9-11(5-2)13(12)6-3/h4-5,7-10H,2,6H2,1,3H3. The van der Waals surface area contributed by atoms with Gasteiger partial charge in [0.2, 0.25) is 0 Å². The van der Waals surface area contributed by atoms with Crippen LogP contribution in [0.1, 0.15) is 30.5 Å². The molecule has 0 heteroatoms. The molecule has 1 aromatic carbocycles. The van der Waals surface area contributed by atoms with Gasteiger partial charge in [0.1, 0.15) is 0 Å². The molecule has 0 aromatic heterocycles. The van der Waals surface area contributed by atoms with Crippen molar-refractivity contribution in [3.8, 4) is 0 Å². The van der Waals surface area contributed by atoms with Crippen LogP contribution in [0.3, 0.4) is 0 Å². The third kappa shape index (κ3) is 2.09. The van der Waals surface area contributed by atoms with Crippen molar-refractivity contribution in [3.63, 3.8) is 0 Å². The van der Waals surface area contributed by atoms with Gasteiger partial charge in [-0.15, -0.1) is 0 Å². The molecular formula is C13H16. The fourth-order valence-electron chi connectivity index (χ4n) is 1.56. The van der Waals surface area contributed by atoms with Gasteiger partial charge in [-0.05, 0) is 30.0 Å². The predicted octanol–water partition coefficient (Wildman–Crippen LogP) is 3.93. The molecule has 68 valence electrons. The molecule has 0 saturated carbocycles. The molecule has 0 bridgehead atoms. The molecule has 0 spiro atoms. The fourth-order valence-corrected chi connectivity index (χ4v) is 1.56. The summed E-state index contributed by atoms with van der Waals surface area (Å²) in [5.74, 6) is 0. The van der Waals surface area contributed by atoms with Crippen LogP contribution in [0.15, 0.2) is 30.9 Å². The highest BCUT2D eigenvalue weighted by Crippen LogP contribution is 2.18. The first-order valence-corrected chi connectivity index (χ1v) is 4.70. The highest BCUT2D eigenvalue weighted by molar-refractivity contribution is 5.62. The molecular weight excluding hydrogens is 156 g/mol. The van der Waals surface area contributed by atoms with Crippen LogP contribution in [-0.2, 0) is 6.42 Å². The van der Waals surface area contributed by atoms with E-state index in [1.165, 1.54) is 16.7 Å². The summed E-state index contributed by atoms with van der Waals surface area (Å²) < 4.78 is 0. The van der Waals surface area contributed by atoms with Crippen LogP contribution in [0.4, 0.5) is 0 Å². The molecule has 0 aliphatic rings. The van der Waals surface area contributed by atoms with E-state index in [2.05, 4.69) is 43.9 Å². The fraction of sp³-hybridized carbons (Fsp3) is 0.231. The summed E-state index contributed by atoms with van der Waals surface area (Å²) in [7, 11) is 0. The van der Waals surface area contributed by atoms with Gasteiger partial charge in [0.05, 0.1) is 0 Å². The van der Waals surface area contributed by atoms with E-state index < -0.39 is 0 Å². The first kappa shape index (κ1) is 9.79. The minimum Gasteiger partial charge on any atom is -0.0985 e. The van der Waals surface area contributed by atoms with E-state index in [4.69, 9.17) is 0 Å². The smallest absolute Gasteiger partial charge is 0.0222 e. The summed E-state index contributed by atoms with van der Waals surface area (Å²) in [6.45, 7) is 8.03. The van der Waals surface area contributed by atoms with Crippen molar-refractivity contribution in [1.82, 2.24) is 0 Å². The lowest BCUT2D eigenvalue weighted by molar-refractivity contribution is 1.13. The molecule has 0 unspecified atom stereocenters. The second kappa shape index (κ2) is 4.66. The molecule has 0 fully saturated rings. The van der Waals surface area contributed by atoms with Gasteiger partial charge in [-0.2, -0.15) is 0 Å². The molecule has 0 saturated heterocycles. The van der Waals surface area contributed by atoms with E-state index in [0.29, 0.717) is 0 Å². The summed E-state index contributed by atoms with van der Waals surface area (Å²) in [6, 6.07) is 6.33. The number of rotatable bonds is 3. The molecule has 0 heterocycles. The van der Waals surface area contributed by atoms with Gasteiger partial charge in [0.25, 0.3) is 0 Å². The van der Waals surface area contributed by atoms with Gasteiger partial charge in [-0.25, -0.2) is 0 Å². The first-order chi connectivity index (χ1) is 6.33. The molecule has 0 aliphatic carbocycles. The SMILES string of the molecule is C=Cc1cccc(C=CC)c1CC. The lowest BCUT2D eigenvalue weighted by Gasteiger charge is -2.07. The molecule has 1 rings (SSSR count). The lowest BCUT2D eigenvalue weighted by Crippen LogP contribution is -1.90. The van der Waals surface area contributed by atoms with Crippen LogP contribution >= 0.6 is 0 Å². The van der Waals surface area contributed by atoms with E-state index in [1.807, 2.05) is 13.0 Å². The van der Waals surface area contributed by atoms with Crippen LogP contribution in [0.25, 0.3) is 12.2 Å². The van der Waals surface area contributed by atoms with Gasteiger partial charge in [0, 0.05) is 0 Å². The molecule has 0 nitrogen and oxygen atoms in total. The van der Waals surface area contributed by atoms with Crippen molar-refractivity contribution in [2.45, 2.75) is 20.3 Å². The summed E-state index contributed by atoms with van der Waals surface area (Å²) in [5, 5.41) is 0. The van der Waals surface area contributed by atoms with Gasteiger partial charge < -0.3 is 0 Å². The third-order valence-corrected chi connectivity index (χ3v) is 2.17. The van der Waals surface area contributed by atoms with Gasteiger partial charge in [-0.1, -0.05) is 49.9 Å². The molecule has 1 aromatic rings. The summed E-state index contributed by atoms with van der Waals surface area (Å²) in [5.41, 5.74) is 3.94. The Labute approximate surface area is 80.6 Å². The third-order valence-electron chi connectivity index (χ3n) is 2.17. The van der Waals surface area contributed by atoms with Crippen molar-refractivity contribution in [3.05, 3.63) is 47.5 Å². The molecule has 0 atom stereocenters. The minimum absolute atomic E-state index is 1.06. The molecule has 0 amide bonds. The Morgan fingerprint density at radius 3 is 2.54 bits per heavy atom. The zero-order chi connectivity index (χ0) is 9.68. The maximum atomic E-state index is 3.82. The van der Waals surface area contributed by atoms with E-state index >= 15 is 0 Å². The Morgan fingerprint density at radius 2 is 2.00 bits per heavy atom. The van der Waals surface area contributed by atoms with Crippen molar-refractivity contribution < 1.29 is 0 Å². The van der Waals surface area contributed by atoms with Gasteiger partial charge in [-0.3, -0.25) is 0 Å². The lowest BCUT2D eigenvalue weighted by atomic mass is 9.98. The van der Waals surface area contributed by atoms with Gasteiger partial charge >= 0.3 is 0 Å². The zero-order valence-electron chi connectivity index (χ0n) is 8.38. The Kier molecular flexibility index (Phi) is 3.51. The Morgan fingerprint density at radius 1 is 1.31 bits per heavy atom. The highest BCUT2D eigenvalue weighted by atomic mass is 14.0. The largest absolute Gasteiger partial charge is 0.0985 e. The van der Waals surface area contributed by atoms with E-state index in [1.54, 1.807) is 0 Å². The highest BCUT2D eigenvalue weighted by Gasteiger charge is 2.00. The van der Waals surface area contributed by atoms with Crippen molar-refractivity contribution in [2.75, 3.05) is 0 Å². The molecule has 0 radical (unpaired) electrons. The summed E-state index contributed by atoms with van der Waals surface area (Å²) in [6.07, 6.45) is 7.20. The minimum atomic E-state index is 1.06. The van der Waals surface area contributed by atoms with Crippen LogP contribution in [0.5, 0.6) is 0 Å². The normalized spacial score (nSPS) is 10.6. The van der Waals surface area contributed by atoms with Gasteiger partial charge in [0.15, 0.2) is 0 Å². The maximum Gasteiger partial charge on any atom is -0.0222 e. The maximum absolute atomic E-state index is 3.82. The monoisotopic (exact) mass is 172 g/mol. The number of hydrogen-bond acceptors (Lipinski definition) is 0. The summed E-state index contributed by atoms with van der Waals surface area (Å²) in [4.78, 5) is 0. The topological polar surface area (TPSA) is 0 Å². The van der Waals surface area contributed by atoms with E-state index in [9.17, 15) is 0 Å². The van der Waals surface area contributed by atoms with E-state index in [-0.39, 0.29) is 0 Å². The van der Waals surface area contributed by atoms with Crippen molar-refractivity contribution >= 4 is 12.2 Å². The molecule has 0 aliphatic heterocycles. The quantitative estimate of drug-likeness (QED) is 0.648. The number of hydrogen-bond donors (Lipinski definition) is 0. The van der Waals surface area contributed by atoms with Crippen molar-refractivity contribution in [2.24, 2.45) is 0 Å². The second-order valence-electron chi connectivity index (χ2n) is 2.97. The second-order valence-corrected chi connectivity index (χ2v) is 2.97. The zero-order valence-corrected chi connectivity index (χ0v) is 8.38. The summed E-state index contributed by atoms with van der Waals surface area (Å²) >= 11 is 0. The Hall–Kier alpha value is -1.30. The van der Waals surface area contributed by atoms with Crippen LogP contribution in [0.2, 0.25) is 0 Å². The Bertz CT molecular complexity index is 319.